The van der Waals surface area contributed by atoms with Crippen LogP contribution in [-0.2, 0) is 14.3 Å². The number of allylic oxidation sites excluding steroid dienone is 1. The molecule has 3 heterocycles. The minimum Gasteiger partial charge on any atom is -0.463 e. The topological polar surface area (TPSA) is 73.1 Å². The summed E-state index contributed by atoms with van der Waals surface area (Å²) in [7, 11) is 0. The van der Waals surface area contributed by atoms with E-state index in [1.807, 2.05) is 30.3 Å². The van der Waals surface area contributed by atoms with Gasteiger partial charge in [-0.3, -0.25) is 9.36 Å². The zero-order valence-corrected chi connectivity index (χ0v) is 24.5. The average molecular weight is 560 g/mol. The molecule has 2 aromatic carbocycles. The van der Waals surface area contributed by atoms with Crippen LogP contribution in [0.15, 0.2) is 69.6 Å². The number of carbonyl (C=O) groups excluding carboxylic acids is 1. The van der Waals surface area contributed by atoms with Crippen LogP contribution in [0.2, 0.25) is 0 Å². The Labute approximate surface area is 239 Å². The van der Waals surface area contributed by atoms with Crippen LogP contribution in [0.5, 0.6) is 0 Å². The van der Waals surface area contributed by atoms with Gasteiger partial charge in [0.2, 0.25) is 0 Å². The smallest absolute Gasteiger partial charge is 0.338 e. The molecule has 7 nitrogen and oxygen atoms in total. The average Bonchev–Trinajstić information content (AvgIpc) is 3.27. The standard InChI is InChI=1S/C32H37N3O4S/c1-5-7-26-28(31(37)39-6-2)29(24-12-10-23(11-13-24)21(3)4)35-30(36)27(40-32(35)33-26)20-22-8-14-25(15-9-22)34-16-18-38-19-17-34/h8-15,20-21,29H,5-7,16-19H2,1-4H3/b27-20+/t29-/m1/s1. The van der Waals surface area contributed by atoms with Crippen LogP contribution >= 0.6 is 11.3 Å². The van der Waals surface area contributed by atoms with Crippen LogP contribution in [0.1, 0.15) is 69.2 Å². The molecule has 1 aromatic heterocycles. The van der Waals surface area contributed by atoms with E-state index in [1.165, 1.54) is 16.9 Å². The summed E-state index contributed by atoms with van der Waals surface area (Å²) in [4.78, 5) is 35.1. The quantitative estimate of drug-likeness (QED) is 0.379. The lowest BCUT2D eigenvalue weighted by atomic mass is 9.92. The van der Waals surface area contributed by atoms with E-state index < -0.39 is 12.0 Å². The maximum absolute atomic E-state index is 14.0. The molecule has 1 atom stereocenters. The summed E-state index contributed by atoms with van der Waals surface area (Å²) in [5.74, 6) is -0.0398. The maximum Gasteiger partial charge on any atom is 0.338 e. The minimum absolute atomic E-state index is 0.156. The third-order valence-corrected chi connectivity index (χ3v) is 8.36. The second-order valence-electron chi connectivity index (χ2n) is 10.4. The van der Waals surface area contributed by atoms with Gasteiger partial charge in [0.25, 0.3) is 5.56 Å². The van der Waals surface area contributed by atoms with Crippen molar-refractivity contribution in [2.75, 3.05) is 37.8 Å². The molecule has 0 spiro atoms. The molecule has 2 aliphatic rings. The number of ether oxygens (including phenoxy) is 2. The Bertz CT molecular complexity index is 1560. The second-order valence-corrected chi connectivity index (χ2v) is 11.4. The molecule has 0 amide bonds. The van der Waals surface area contributed by atoms with Gasteiger partial charge in [-0.1, -0.05) is 74.9 Å². The third-order valence-electron chi connectivity index (χ3n) is 7.38. The first-order valence-corrected chi connectivity index (χ1v) is 15.0. The van der Waals surface area contributed by atoms with E-state index in [2.05, 4.69) is 49.9 Å². The predicted octanol–water partition coefficient (Wildman–Crippen LogP) is 4.54. The van der Waals surface area contributed by atoms with Gasteiger partial charge < -0.3 is 14.4 Å². The molecule has 40 heavy (non-hydrogen) atoms. The Balaban J connectivity index is 1.61. The van der Waals surface area contributed by atoms with Gasteiger partial charge >= 0.3 is 5.97 Å². The number of thiazole rings is 1. The molecule has 1 fully saturated rings. The summed E-state index contributed by atoms with van der Waals surface area (Å²) in [6, 6.07) is 15.9. The van der Waals surface area contributed by atoms with Crippen molar-refractivity contribution in [1.29, 1.82) is 0 Å². The van der Waals surface area contributed by atoms with E-state index in [4.69, 9.17) is 14.5 Å². The van der Waals surface area contributed by atoms with Crippen LogP contribution in [0.3, 0.4) is 0 Å². The summed E-state index contributed by atoms with van der Waals surface area (Å²) in [5, 5.41) is 0. The number of nitrogens with zero attached hydrogens (tertiary/aromatic N) is 3. The highest BCUT2D eigenvalue weighted by Crippen LogP contribution is 2.33. The van der Waals surface area contributed by atoms with Gasteiger partial charge in [-0.25, -0.2) is 9.79 Å². The first-order chi connectivity index (χ1) is 19.4. The Morgan fingerprint density at radius 1 is 1.10 bits per heavy atom. The number of hydrogen-bond acceptors (Lipinski definition) is 7. The largest absolute Gasteiger partial charge is 0.463 e. The van der Waals surface area contributed by atoms with Crippen molar-refractivity contribution in [3.05, 3.63) is 96.2 Å². The molecular weight excluding hydrogens is 522 g/mol. The Morgan fingerprint density at radius 3 is 2.42 bits per heavy atom. The number of esters is 1. The Morgan fingerprint density at radius 2 is 1.80 bits per heavy atom. The molecule has 3 aromatic rings. The van der Waals surface area contributed by atoms with Crippen molar-refractivity contribution in [1.82, 2.24) is 4.57 Å². The molecule has 0 N–H and O–H groups in total. The van der Waals surface area contributed by atoms with Gasteiger partial charge in [0.15, 0.2) is 4.80 Å². The number of rotatable bonds is 8. The summed E-state index contributed by atoms with van der Waals surface area (Å²) >= 11 is 1.37. The van der Waals surface area contributed by atoms with Crippen molar-refractivity contribution >= 4 is 29.1 Å². The highest BCUT2D eigenvalue weighted by molar-refractivity contribution is 7.07. The fraction of sp³-hybridized carbons (Fsp3) is 0.406. The molecule has 8 heteroatoms. The summed E-state index contributed by atoms with van der Waals surface area (Å²) in [5.41, 5.74) is 5.16. The van der Waals surface area contributed by atoms with Gasteiger partial charge in [-0.05, 0) is 54.2 Å². The van der Waals surface area contributed by atoms with Crippen molar-refractivity contribution in [3.8, 4) is 0 Å². The number of anilines is 1. The Hall–Kier alpha value is -3.49. The van der Waals surface area contributed by atoms with E-state index in [9.17, 15) is 9.59 Å². The van der Waals surface area contributed by atoms with Crippen LogP contribution in [0.25, 0.3) is 6.08 Å². The number of benzene rings is 2. The van der Waals surface area contributed by atoms with E-state index >= 15 is 0 Å². The van der Waals surface area contributed by atoms with Crippen LogP contribution in [0.4, 0.5) is 5.69 Å². The number of hydrogen-bond donors (Lipinski definition) is 0. The normalized spacial score (nSPS) is 17.7. The SMILES string of the molecule is CCCC1=C(C(=O)OCC)[C@@H](c2ccc(C(C)C)cc2)n2c(s/c(=C/c3ccc(N4CCOCC4)cc3)c2=O)=N1. The lowest BCUT2D eigenvalue weighted by molar-refractivity contribution is -0.139. The number of aromatic nitrogens is 1. The fourth-order valence-electron chi connectivity index (χ4n) is 5.25. The third kappa shape index (κ3) is 5.69. The first-order valence-electron chi connectivity index (χ1n) is 14.2. The summed E-state index contributed by atoms with van der Waals surface area (Å²) in [6.07, 6.45) is 3.37. The molecule has 1 saturated heterocycles. The van der Waals surface area contributed by atoms with Crippen molar-refractivity contribution in [2.45, 2.75) is 52.5 Å². The van der Waals surface area contributed by atoms with E-state index in [0.717, 1.165) is 49.5 Å². The highest BCUT2D eigenvalue weighted by atomic mass is 32.1. The van der Waals surface area contributed by atoms with Crippen molar-refractivity contribution < 1.29 is 14.3 Å². The summed E-state index contributed by atoms with van der Waals surface area (Å²) < 4.78 is 13.2. The monoisotopic (exact) mass is 559 g/mol. The molecule has 5 rings (SSSR count). The fourth-order valence-corrected chi connectivity index (χ4v) is 6.27. The molecule has 0 saturated carbocycles. The molecular formula is C32H37N3O4S. The van der Waals surface area contributed by atoms with Gasteiger partial charge in [-0.15, -0.1) is 0 Å². The minimum atomic E-state index is -0.594. The van der Waals surface area contributed by atoms with E-state index in [0.29, 0.717) is 32.9 Å². The maximum atomic E-state index is 14.0. The molecule has 210 valence electrons. The van der Waals surface area contributed by atoms with Gasteiger partial charge in [-0.2, -0.15) is 0 Å². The number of fused-ring (bicyclic) bond motifs is 1. The number of carbonyl (C=O) groups is 1. The second kappa shape index (κ2) is 12.4. The van der Waals surface area contributed by atoms with Gasteiger partial charge in [0, 0.05) is 18.8 Å². The molecule has 0 aliphatic carbocycles. The van der Waals surface area contributed by atoms with Crippen molar-refractivity contribution in [3.63, 3.8) is 0 Å². The Kier molecular flexibility index (Phi) is 8.66. The lowest BCUT2D eigenvalue weighted by Crippen LogP contribution is -2.40. The number of morpholine rings is 1. The highest BCUT2D eigenvalue weighted by Gasteiger charge is 2.34. The first kappa shape index (κ1) is 28.1. The zero-order chi connectivity index (χ0) is 28.2. The van der Waals surface area contributed by atoms with Crippen molar-refractivity contribution in [2.24, 2.45) is 4.99 Å². The predicted molar refractivity (Wildman–Crippen MR) is 160 cm³/mol. The molecule has 0 unspecified atom stereocenters. The van der Waals surface area contributed by atoms with Crippen LogP contribution < -0.4 is 19.8 Å². The van der Waals surface area contributed by atoms with Gasteiger partial charge in [0.1, 0.15) is 0 Å². The van der Waals surface area contributed by atoms with E-state index in [-0.39, 0.29) is 12.2 Å². The van der Waals surface area contributed by atoms with Crippen LogP contribution in [-0.4, -0.2) is 43.4 Å². The van der Waals surface area contributed by atoms with Gasteiger partial charge in [0.05, 0.1) is 41.7 Å². The summed E-state index contributed by atoms with van der Waals surface area (Å²) in [6.45, 7) is 11.6. The molecule has 0 radical (unpaired) electrons. The van der Waals surface area contributed by atoms with Crippen LogP contribution in [0, 0.1) is 0 Å². The zero-order valence-electron chi connectivity index (χ0n) is 23.7. The lowest BCUT2D eigenvalue weighted by Gasteiger charge is -2.28. The molecule has 0 bridgehead atoms. The molecule has 2 aliphatic heterocycles. The van der Waals surface area contributed by atoms with E-state index in [1.54, 1.807) is 11.5 Å².